The zero-order valence-electron chi connectivity index (χ0n) is 7.71. The van der Waals surface area contributed by atoms with E-state index in [-0.39, 0.29) is 11.3 Å². The predicted octanol–water partition coefficient (Wildman–Crippen LogP) is 2.14. The summed E-state index contributed by atoms with van der Waals surface area (Å²) >= 11 is 0. The molecule has 12 heavy (non-hydrogen) atoms. The molecule has 0 aliphatic heterocycles. The molecule has 0 aromatic rings. The van der Waals surface area contributed by atoms with Gasteiger partial charge in [0.2, 0.25) is 0 Å². The summed E-state index contributed by atoms with van der Waals surface area (Å²) in [6, 6.07) is 0. The number of hydrogen-bond acceptors (Lipinski definition) is 1. The lowest BCUT2D eigenvalue weighted by Crippen LogP contribution is -2.16. The Hall–Kier alpha value is -0.530. The van der Waals surface area contributed by atoms with Crippen molar-refractivity contribution in [1.29, 1.82) is 0 Å². The van der Waals surface area contributed by atoms with Crippen LogP contribution in [0, 0.1) is 23.2 Å². The molecule has 2 saturated carbocycles. The van der Waals surface area contributed by atoms with Gasteiger partial charge in [-0.2, -0.15) is 0 Å². The molecule has 0 saturated heterocycles. The summed E-state index contributed by atoms with van der Waals surface area (Å²) in [6.45, 7) is 4.18. The Bertz CT molecular complexity index is 216. The molecule has 1 N–H and O–H groups in total. The molecule has 2 aliphatic carbocycles. The molecule has 0 aromatic carbocycles. The largest absolute Gasteiger partial charge is 0.481 e. The van der Waals surface area contributed by atoms with E-state index in [4.69, 9.17) is 5.11 Å². The van der Waals surface area contributed by atoms with E-state index in [0.717, 1.165) is 5.92 Å². The zero-order chi connectivity index (χ0) is 8.93. The maximum Gasteiger partial charge on any atom is 0.307 e. The second-order valence-electron chi connectivity index (χ2n) is 4.85. The van der Waals surface area contributed by atoms with Crippen LogP contribution in [0.4, 0.5) is 0 Å². The highest BCUT2D eigenvalue weighted by Crippen LogP contribution is 2.65. The molecule has 68 valence electrons. The fourth-order valence-electron chi connectivity index (χ4n) is 2.83. The fourth-order valence-corrected chi connectivity index (χ4v) is 2.83. The summed E-state index contributed by atoms with van der Waals surface area (Å²) in [5.41, 5.74) is 0.0803. The molecule has 2 nitrogen and oxygen atoms in total. The van der Waals surface area contributed by atoms with E-state index in [2.05, 4.69) is 13.8 Å². The van der Waals surface area contributed by atoms with Gasteiger partial charge in [-0.15, -0.1) is 0 Å². The van der Waals surface area contributed by atoms with Crippen molar-refractivity contribution in [3.63, 3.8) is 0 Å². The molecule has 2 atom stereocenters. The van der Waals surface area contributed by atoms with E-state index in [1.165, 1.54) is 19.3 Å². The highest BCUT2D eigenvalue weighted by molar-refractivity contribution is 5.75. The van der Waals surface area contributed by atoms with Crippen molar-refractivity contribution in [1.82, 2.24) is 0 Å². The van der Waals surface area contributed by atoms with Gasteiger partial charge >= 0.3 is 5.97 Å². The molecular weight excluding hydrogens is 152 g/mol. The van der Waals surface area contributed by atoms with Gasteiger partial charge in [0.05, 0.1) is 5.92 Å². The maximum absolute atomic E-state index is 10.8. The molecule has 0 bridgehead atoms. The predicted molar refractivity (Wildman–Crippen MR) is 45.7 cm³/mol. The summed E-state index contributed by atoms with van der Waals surface area (Å²) in [7, 11) is 0. The Labute approximate surface area is 73.0 Å². The average Bonchev–Trinajstić information content (AvgIpc) is 2.30. The average molecular weight is 168 g/mol. The lowest BCUT2D eigenvalue weighted by atomic mass is 9.79. The Morgan fingerprint density at radius 3 is 2.25 bits per heavy atom. The molecule has 0 heterocycles. The molecule has 2 heteroatoms. The number of carboxylic acids is 1. The zero-order valence-corrected chi connectivity index (χ0v) is 7.71. The number of aliphatic carboxylic acids is 1. The van der Waals surface area contributed by atoms with Crippen molar-refractivity contribution in [3.05, 3.63) is 0 Å². The second kappa shape index (κ2) is 2.24. The van der Waals surface area contributed by atoms with Gasteiger partial charge in [0.15, 0.2) is 0 Å². The molecule has 0 aromatic heterocycles. The van der Waals surface area contributed by atoms with E-state index in [1.54, 1.807) is 0 Å². The summed E-state index contributed by atoms with van der Waals surface area (Å²) in [4.78, 5) is 10.8. The topological polar surface area (TPSA) is 37.3 Å². The summed E-state index contributed by atoms with van der Waals surface area (Å²) in [5.74, 6) is 0.560. The van der Waals surface area contributed by atoms with Crippen LogP contribution in [0.3, 0.4) is 0 Å². The molecule has 0 radical (unpaired) electrons. The van der Waals surface area contributed by atoms with Crippen molar-refractivity contribution >= 4 is 5.97 Å². The van der Waals surface area contributed by atoms with Crippen LogP contribution in [0.15, 0.2) is 0 Å². The van der Waals surface area contributed by atoms with E-state index >= 15 is 0 Å². The van der Waals surface area contributed by atoms with E-state index in [0.29, 0.717) is 5.92 Å². The smallest absolute Gasteiger partial charge is 0.307 e. The van der Waals surface area contributed by atoms with Crippen LogP contribution >= 0.6 is 0 Å². The van der Waals surface area contributed by atoms with Crippen LogP contribution < -0.4 is 0 Å². The minimum Gasteiger partial charge on any atom is -0.481 e. The number of carbonyl (C=O) groups is 1. The van der Waals surface area contributed by atoms with Crippen molar-refractivity contribution < 1.29 is 9.90 Å². The SMILES string of the molecule is CC1(C)[C@H](C(=O)O)[C@H]1C1CCC1. The van der Waals surface area contributed by atoms with Crippen LogP contribution in [-0.4, -0.2) is 11.1 Å². The van der Waals surface area contributed by atoms with Gasteiger partial charge in [0.1, 0.15) is 0 Å². The van der Waals surface area contributed by atoms with Gasteiger partial charge in [-0.25, -0.2) is 0 Å². The molecule has 0 unspecified atom stereocenters. The highest BCUT2D eigenvalue weighted by atomic mass is 16.4. The Kier molecular flexibility index (Phi) is 1.51. The highest BCUT2D eigenvalue weighted by Gasteiger charge is 2.65. The molecule has 0 spiro atoms. The third-order valence-electron chi connectivity index (χ3n) is 3.83. The van der Waals surface area contributed by atoms with Gasteiger partial charge in [-0.3, -0.25) is 4.79 Å². The first-order valence-electron chi connectivity index (χ1n) is 4.78. The van der Waals surface area contributed by atoms with Crippen molar-refractivity contribution in [2.45, 2.75) is 33.1 Å². The molecular formula is C10H16O2. The first kappa shape index (κ1) is 8.09. The van der Waals surface area contributed by atoms with Crippen LogP contribution in [0.1, 0.15) is 33.1 Å². The fraction of sp³-hybridized carbons (Fsp3) is 0.900. The van der Waals surface area contributed by atoms with Gasteiger partial charge in [0.25, 0.3) is 0 Å². The van der Waals surface area contributed by atoms with Crippen LogP contribution in [0.5, 0.6) is 0 Å². The minimum atomic E-state index is -0.586. The van der Waals surface area contributed by atoms with E-state index in [9.17, 15) is 4.79 Å². The third kappa shape index (κ3) is 0.900. The van der Waals surface area contributed by atoms with Crippen molar-refractivity contribution in [2.24, 2.45) is 23.2 Å². The van der Waals surface area contributed by atoms with Gasteiger partial charge in [0, 0.05) is 0 Å². The second-order valence-corrected chi connectivity index (χ2v) is 4.85. The lowest BCUT2D eigenvalue weighted by Gasteiger charge is -2.26. The molecule has 2 fully saturated rings. The lowest BCUT2D eigenvalue weighted by molar-refractivity contribution is -0.139. The third-order valence-corrected chi connectivity index (χ3v) is 3.83. The Balaban J connectivity index is 2.04. The van der Waals surface area contributed by atoms with Gasteiger partial charge in [-0.1, -0.05) is 33.1 Å². The Morgan fingerprint density at radius 2 is 2.00 bits per heavy atom. The van der Waals surface area contributed by atoms with Crippen molar-refractivity contribution in [3.8, 4) is 0 Å². The maximum atomic E-state index is 10.8. The van der Waals surface area contributed by atoms with Crippen molar-refractivity contribution in [2.75, 3.05) is 0 Å². The van der Waals surface area contributed by atoms with Gasteiger partial charge < -0.3 is 5.11 Å². The summed E-state index contributed by atoms with van der Waals surface area (Å²) in [5, 5.41) is 8.93. The van der Waals surface area contributed by atoms with Crippen LogP contribution in [0.25, 0.3) is 0 Å². The summed E-state index contributed by atoms with van der Waals surface area (Å²) in [6.07, 6.45) is 3.83. The normalized spacial score (nSPS) is 38.8. The van der Waals surface area contributed by atoms with Gasteiger partial charge in [-0.05, 0) is 17.3 Å². The van der Waals surface area contributed by atoms with Crippen LogP contribution in [-0.2, 0) is 4.79 Å². The summed E-state index contributed by atoms with van der Waals surface area (Å²) < 4.78 is 0. The van der Waals surface area contributed by atoms with E-state index in [1.807, 2.05) is 0 Å². The first-order valence-corrected chi connectivity index (χ1v) is 4.78. The molecule has 2 aliphatic rings. The quantitative estimate of drug-likeness (QED) is 0.686. The number of carboxylic acid groups (broad SMARTS) is 1. The minimum absolute atomic E-state index is 0.0530. The number of hydrogen-bond donors (Lipinski definition) is 1. The monoisotopic (exact) mass is 168 g/mol. The van der Waals surface area contributed by atoms with Crippen LogP contribution in [0.2, 0.25) is 0 Å². The van der Waals surface area contributed by atoms with E-state index < -0.39 is 5.97 Å². The standard InChI is InChI=1S/C10H16O2/c1-10(2)7(6-4-3-5-6)8(10)9(11)12/h6-8H,3-5H2,1-2H3,(H,11,12)/t7-,8+/m1/s1. The molecule has 0 amide bonds. The Morgan fingerprint density at radius 1 is 1.42 bits per heavy atom. The molecule has 2 rings (SSSR count). The number of rotatable bonds is 2. The first-order chi connectivity index (χ1) is 5.55.